The molecule has 0 amide bonds. The van der Waals surface area contributed by atoms with Crippen molar-refractivity contribution >= 4 is 17.0 Å². The molecule has 0 bridgehead atoms. The van der Waals surface area contributed by atoms with E-state index in [0.29, 0.717) is 0 Å². The van der Waals surface area contributed by atoms with E-state index in [0.717, 1.165) is 28.1 Å². The summed E-state index contributed by atoms with van der Waals surface area (Å²) in [6.45, 7) is 10.3. The highest BCUT2D eigenvalue weighted by atomic mass is 14.9. The molecule has 0 fully saturated rings. The number of hydrogen-bond acceptors (Lipinski definition) is 1. The Hall–Kier alpha value is -3.06. The average molecular weight is 311 g/mol. The number of nitrogens with one attached hydrogen (secondary N) is 1. The van der Waals surface area contributed by atoms with Gasteiger partial charge in [-0.2, -0.15) is 0 Å². The third kappa shape index (κ3) is 3.64. The summed E-state index contributed by atoms with van der Waals surface area (Å²) in [4.78, 5) is 0. The Kier molecular flexibility index (Phi) is 4.62. The number of rotatable bonds is 5. The van der Waals surface area contributed by atoms with E-state index < -0.39 is 0 Å². The Morgan fingerprint density at radius 3 is 1.92 bits per heavy atom. The Morgan fingerprint density at radius 1 is 0.708 bits per heavy atom. The van der Waals surface area contributed by atoms with Gasteiger partial charge in [-0.3, -0.25) is 0 Å². The van der Waals surface area contributed by atoms with Crippen molar-refractivity contribution in [1.29, 1.82) is 0 Å². The normalized spacial score (nSPS) is 10.2. The Morgan fingerprint density at radius 2 is 1.29 bits per heavy atom. The summed E-state index contributed by atoms with van der Waals surface area (Å²) in [5, 5.41) is 3.38. The maximum Gasteiger partial charge on any atom is 0.0385 e. The maximum absolute atomic E-state index is 4.21. The van der Waals surface area contributed by atoms with E-state index >= 15 is 0 Å². The maximum atomic E-state index is 4.21. The van der Waals surface area contributed by atoms with Gasteiger partial charge in [0.25, 0.3) is 0 Å². The van der Waals surface area contributed by atoms with E-state index in [-0.39, 0.29) is 0 Å². The van der Waals surface area contributed by atoms with Crippen LogP contribution >= 0.6 is 0 Å². The fourth-order valence-electron chi connectivity index (χ4n) is 2.61. The smallest absolute Gasteiger partial charge is 0.0385 e. The van der Waals surface area contributed by atoms with Crippen molar-refractivity contribution in [3.8, 4) is 11.1 Å². The predicted octanol–water partition coefficient (Wildman–Crippen LogP) is 6.47. The molecule has 3 rings (SSSR count). The van der Waals surface area contributed by atoms with Gasteiger partial charge in [-0.25, -0.2) is 0 Å². The number of para-hydroxylation sites is 1. The summed E-state index contributed by atoms with van der Waals surface area (Å²) < 4.78 is 0. The highest BCUT2D eigenvalue weighted by molar-refractivity contribution is 5.81. The molecule has 0 saturated heterocycles. The zero-order valence-corrected chi connectivity index (χ0v) is 13.9. The molecule has 0 aromatic heterocycles. The van der Waals surface area contributed by atoms with Crippen molar-refractivity contribution in [2.75, 3.05) is 5.32 Å². The number of benzene rings is 3. The highest BCUT2D eigenvalue weighted by Gasteiger charge is 2.07. The molecule has 0 aliphatic carbocycles. The van der Waals surface area contributed by atoms with Crippen LogP contribution in [-0.4, -0.2) is 0 Å². The highest BCUT2D eigenvalue weighted by Crippen LogP contribution is 2.28. The monoisotopic (exact) mass is 311 g/mol. The van der Waals surface area contributed by atoms with E-state index in [4.69, 9.17) is 0 Å². The van der Waals surface area contributed by atoms with Crippen molar-refractivity contribution in [3.05, 3.63) is 103 Å². The minimum absolute atomic E-state index is 0.876. The lowest BCUT2D eigenvalue weighted by Gasteiger charge is -2.14. The zero-order chi connectivity index (χ0) is 16.9. The quantitative estimate of drug-likeness (QED) is 0.569. The van der Waals surface area contributed by atoms with Crippen LogP contribution in [-0.2, 0) is 0 Å². The Labute approximate surface area is 144 Å². The second kappa shape index (κ2) is 7.01. The minimum atomic E-state index is 0.876. The lowest BCUT2D eigenvalue weighted by Crippen LogP contribution is -1.98. The lowest BCUT2D eigenvalue weighted by atomic mass is 9.96. The van der Waals surface area contributed by atoms with Crippen molar-refractivity contribution in [2.45, 2.75) is 6.92 Å². The van der Waals surface area contributed by atoms with Gasteiger partial charge in [-0.15, -0.1) is 0 Å². The number of anilines is 1. The standard InChI is InChI=1S/C23H21N/c1-17(2)20-14-21(18(3)24-23-12-8-5-9-13-23)16-22(15-20)19-10-6-4-7-11-19/h4-16,24H,1,3H2,2H3. The van der Waals surface area contributed by atoms with Gasteiger partial charge < -0.3 is 5.32 Å². The molecule has 24 heavy (non-hydrogen) atoms. The fraction of sp³-hybridized carbons (Fsp3) is 0.0435. The molecular weight excluding hydrogens is 290 g/mol. The third-order valence-corrected chi connectivity index (χ3v) is 3.95. The van der Waals surface area contributed by atoms with Crippen LogP contribution < -0.4 is 5.32 Å². The summed E-state index contributed by atoms with van der Waals surface area (Å²) in [7, 11) is 0. The van der Waals surface area contributed by atoms with Gasteiger partial charge in [0.1, 0.15) is 0 Å². The molecule has 0 atom stereocenters. The number of hydrogen-bond donors (Lipinski definition) is 1. The average Bonchev–Trinajstić information content (AvgIpc) is 2.63. The SMILES string of the molecule is C=C(C)c1cc(C(=C)Nc2ccccc2)cc(-c2ccccc2)c1. The van der Waals surface area contributed by atoms with Gasteiger partial charge in [-0.1, -0.05) is 67.3 Å². The van der Waals surface area contributed by atoms with Crippen LogP contribution in [0.15, 0.2) is 92.0 Å². The second-order valence-electron chi connectivity index (χ2n) is 5.91. The van der Waals surface area contributed by atoms with Crippen LogP contribution in [0, 0.1) is 0 Å². The van der Waals surface area contributed by atoms with Crippen LogP contribution in [0.5, 0.6) is 0 Å². The molecule has 3 aromatic carbocycles. The largest absolute Gasteiger partial charge is 0.356 e. The molecular formula is C23H21N. The zero-order valence-electron chi connectivity index (χ0n) is 13.9. The predicted molar refractivity (Wildman–Crippen MR) is 106 cm³/mol. The molecule has 1 N–H and O–H groups in total. The van der Waals surface area contributed by atoms with Crippen molar-refractivity contribution in [3.63, 3.8) is 0 Å². The minimum Gasteiger partial charge on any atom is -0.356 e. The topological polar surface area (TPSA) is 12.0 Å². The first-order chi connectivity index (χ1) is 11.6. The molecule has 0 aliphatic heterocycles. The fourth-order valence-corrected chi connectivity index (χ4v) is 2.61. The van der Waals surface area contributed by atoms with E-state index in [1.54, 1.807) is 0 Å². The van der Waals surface area contributed by atoms with E-state index in [1.165, 1.54) is 11.1 Å². The van der Waals surface area contributed by atoms with Crippen LogP contribution in [0.2, 0.25) is 0 Å². The summed E-state index contributed by atoms with van der Waals surface area (Å²) in [5.74, 6) is 0. The summed E-state index contributed by atoms with van der Waals surface area (Å²) in [6, 6.07) is 26.9. The van der Waals surface area contributed by atoms with Crippen LogP contribution in [0.4, 0.5) is 5.69 Å². The van der Waals surface area contributed by atoms with Gasteiger partial charge >= 0.3 is 0 Å². The first kappa shape index (κ1) is 15.8. The summed E-state index contributed by atoms with van der Waals surface area (Å²) in [5.41, 5.74) is 7.50. The van der Waals surface area contributed by atoms with Crippen LogP contribution in [0.1, 0.15) is 18.1 Å². The van der Waals surface area contributed by atoms with Gasteiger partial charge in [0.15, 0.2) is 0 Å². The van der Waals surface area contributed by atoms with E-state index in [9.17, 15) is 0 Å². The van der Waals surface area contributed by atoms with E-state index in [2.05, 4.69) is 60.9 Å². The van der Waals surface area contributed by atoms with Crippen molar-refractivity contribution in [1.82, 2.24) is 0 Å². The van der Waals surface area contributed by atoms with Crippen molar-refractivity contribution < 1.29 is 0 Å². The molecule has 0 heterocycles. The molecule has 0 spiro atoms. The van der Waals surface area contributed by atoms with Crippen LogP contribution in [0.3, 0.4) is 0 Å². The third-order valence-electron chi connectivity index (χ3n) is 3.95. The molecule has 0 aliphatic rings. The molecule has 0 saturated carbocycles. The Balaban J connectivity index is 1.99. The molecule has 0 radical (unpaired) electrons. The summed E-state index contributed by atoms with van der Waals surface area (Å²) >= 11 is 0. The van der Waals surface area contributed by atoms with Crippen molar-refractivity contribution in [2.24, 2.45) is 0 Å². The van der Waals surface area contributed by atoms with E-state index in [1.807, 2.05) is 43.3 Å². The summed E-state index contributed by atoms with van der Waals surface area (Å²) in [6.07, 6.45) is 0. The first-order valence-corrected chi connectivity index (χ1v) is 8.01. The second-order valence-corrected chi connectivity index (χ2v) is 5.91. The van der Waals surface area contributed by atoms with Gasteiger partial charge in [0.05, 0.1) is 0 Å². The van der Waals surface area contributed by atoms with Gasteiger partial charge in [0, 0.05) is 11.4 Å². The Bertz CT molecular complexity index is 861. The van der Waals surface area contributed by atoms with Gasteiger partial charge in [-0.05, 0) is 59.5 Å². The van der Waals surface area contributed by atoms with Gasteiger partial charge in [0.2, 0.25) is 0 Å². The molecule has 1 heteroatoms. The molecule has 1 nitrogen and oxygen atoms in total. The first-order valence-electron chi connectivity index (χ1n) is 8.01. The lowest BCUT2D eigenvalue weighted by molar-refractivity contribution is 1.49. The number of allylic oxidation sites excluding steroid dienone is 1. The van der Waals surface area contributed by atoms with Crippen LogP contribution in [0.25, 0.3) is 22.4 Å². The molecule has 3 aromatic rings. The molecule has 0 unspecified atom stereocenters. The molecule has 118 valence electrons.